The average molecular weight is 306 g/mol. The summed E-state index contributed by atoms with van der Waals surface area (Å²) >= 11 is 5.88. The third kappa shape index (κ3) is 3.41. The van der Waals surface area contributed by atoms with Crippen molar-refractivity contribution in [3.63, 3.8) is 0 Å². The summed E-state index contributed by atoms with van der Waals surface area (Å²) in [5.41, 5.74) is 1.69. The summed E-state index contributed by atoms with van der Waals surface area (Å²) < 4.78 is 0. The van der Waals surface area contributed by atoms with Crippen LogP contribution < -0.4 is 10.2 Å². The summed E-state index contributed by atoms with van der Waals surface area (Å²) in [4.78, 5) is 15.5. The van der Waals surface area contributed by atoms with E-state index in [1.54, 1.807) is 12.3 Å². The molecule has 21 heavy (non-hydrogen) atoms. The van der Waals surface area contributed by atoms with Crippen molar-refractivity contribution < 1.29 is 0 Å². The highest BCUT2D eigenvalue weighted by Gasteiger charge is 2.27. The molecular weight excluding hydrogens is 286 g/mol. The van der Waals surface area contributed by atoms with Gasteiger partial charge in [-0.25, -0.2) is 15.0 Å². The molecule has 1 fully saturated rings. The fourth-order valence-electron chi connectivity index (χ4n) is 2.71. The Bertz CT molecular complexity index is 652. The van der Waals surface area contributed by atoms with Gasteiger partial charge in [0.2, 0.25) is 5.95 Å². The Morgan fingerprint density at radius 2 is 2.05 bits per heavy atom. The van der Waals surface area contributed by atoms with Crippen molar-refractivity contribution in [3.05, 3.63) is 23.5 Å². The zero-order valence-corrected chi connectivity index (χ0v) is 13.4. The molecule has 0 spiro atoms. The van der Waals surface area contributed by atoms with Gasteiger partial charge in [0, 0.05) is 24.7 Å². The van der Waals surface area contributed by atoms with E-state index in [9.17, 15) is 0 Å². The molecule has 1 aliphatic rings. The van der Waals surface area contributed by atoms with Crippen molar-refractivity contribution in [2.75, 3.05) is 18.0 Å². The summed E-state index contributed by atoms with van der Waals surface area (Å²) in [6.45, 7) is 8.48. The minimum Gasteiger partial charge on any atom is -0.339 e. The molecule has 1 aliphatic heterocycles. The van der Waals surface area contributed by atoms with Crippen molar-refractivity contribution in [2.24, 2.45) is 0 Å². The van der Waals surface area contributed by atoms with Crippen LogP contribution in [-0.2, 0) is 0 Å². The first-order valence-electron chi connectivity index (χ1n) is 7.23. The van der Waals surface area contributed by atoms with Crippen molar-refractivity contribution in [1.82, 2.24) is 20.3 Å². The zero-order valence-electron chi connectivity index (χ0n) is 12.6. The molecule has 2 aromatic rings. The van der Waals surface area contributed by atoms with E-state index < -0.39 is 0 Å². The number of hydrogen-bond acceptors (Lipinski definition) is 5. The molecule has 6 heteroatoms. The Labute approximate surface area is 129 Å². The summed E-state index contributed by atoms with van der Waals surface area (Å²) in [7, 11) is 0. The summed E-state index contributed by atoms with van der Waals surface area (Å²) in [6, 6.07) is 4.12. The lowest BCUT2D eigenvalue weighted by Crippen LogP contribution is -2.45. The highest BCUT2D eigenvalue weighted by atomic mass is 35.5. The van der Waals surface area contributed by atoms with Crippen LogP contribution in [0.3, 0.4) is 0 Å². The van der Waals surface area contributed by atoms with E-state index >= 15 is 0 Å². The average Bonchev–Trinajstić information content (AvgIpc) is 2.84. The Morgan fingerprint density at radius 3 is 2.81 bits per heavy atom. The quantitative estimate of drug-likeness (QED) is 0.865. The van der Waals surface area contributed by atoms with Crippen molar-refractivity contribution in [2.45, 2.75) is 38.8 Å². The van der Waals surface area contributed by atoms with E-state index in [4.69, 9.17) is 11.6 Å². The molecular formula is C15H20ClN5. The Hall–Kier alpha value is -1.46. The number of pyridine rings is 1. The van der Waals surface area contributed by atoms with Crippen LogP contribution in [0.25, 0.3) is 11.0 Å². The second-order valence-corrected chi connectivity index (χ2v) is 6.92. The first-order valence-corrected chi connectivity index (χ1v) is 7.60. The normalized spacial score (nSPS) is 19.4. The van der Waals surface area contributed by atoms with Crippen LogP contribution in [0.15, 0.2) is 18.3 Å². The minimum atomic E-state index is 0.131. The van der Waals surface area contributed by atoms with Crippen molar-refractivity contribution >= 4 is 28.6 Å². The number of halogens is 1. The molecule has 112 valence electrons. The van der Waals surface area contributed by atoms with Gasteiger partial charge in [0.1, 0.15) is 10.7 Å². The molecule has 0 aliphatic carbocycles. The summed E-state index contributed by atoms with van der Waals surface area (Å²) in [5, 5.41) is 4.10. The van der Waals surface area contributed by atoms with Crippen LogP contribution >= 0.6 is 11.6 Å². The number of fused-ring (bicyclic) bond motifs is 1. The van der Waals surface area contributed by atoms with E-state index in [0.29, 0.717) is 11.2 Å². The molecule has 3 heterocycles. The maximum absolute atomic E-state index is 5.88. The second-order valence-electron chi connectivity index (χ2n) is 6.53. The Kier molecular flexibility index (Phi) is 3.71. The third-order valence-electron chi connectivity index (χ3n) is 3.50. The highest BCUT2D eigenvalue weighted by Crippen LogP contribution is 2.20. The molecule has 1 unspecified atom stereocenters. The molecule has 0 saturated carbocycles. The summed E-state index contributed by atoms with van der Waals surface area (Å²) in [6.07, 6.45) is 2.85. The van der Waals surface area contributed by atoms with Gasteiger partial charge in [0.15, 0.2) is 0 Å². The molecule has 3 rings (SSSR count). The second kappa shape index (κ2) is 5.39. The van der Waals surface area contributed by atoms with Gasteiger partial charge in [-0.3, -0.25) is 0 Å². The molecule has 0 amide bonds. The Balaban J connectivity index is 1.77. The van der Waals surface area contributed by atoms with Crippen molar-refractivity contribution in [3.8, 4) is 0 Å². The molecule has 1 atom stereocenters. The van der Waals surface area contributed by atoms with Gasteiger partial charge in [0.05, 0.1) is 11.7 Å². The fraction of sp³-hybridized carbons (Fsp3) is 0.533. The number of anilines is 1. The van der Waals surface area contributed by atoms with Crippen LogP contribution in [-0.4, -0.2) is 39.6 Å². The molecule has 1 N–H and O–H groups in total. The third-order valence-corrected chi connectivity index (χ3v) is 3.71. The first-order chi connectivity index (χ1) is 9.90. The molecule has 0 radical (unpaired) electrons. The van der Waals surface area contributed by atoms with Gasteiger partial charge in [-0.15, -0.1) is 0 Å². The SMILES string of the molecule is CC(C)(C)NC1CCN(c2ncc3nc(Cl)ccc3n2)C1. The maximum atomic E-state index is 5.88. The number of hydrogen-bond donors (Lipinski definition) is 1. The zero-order chi connectivity index (χ0) is 15.0. The van der Waals surface area contributed by atoms with Crippen LogP contribution in [0.5, 0.6) is 0 Å². The van der Waals surface area contributed by atoms with Gasteiger partial charge in [0.25, 0.3) is 0 Å². The van der Waals surface area contributed by atoms with Crippen LogP contribution in [0, 0.1) is 0 Å². The molecule has 0 aromatic carbocycles. The van der Waals surface area contributed by atoms with E-state index in [2.05, 4.69) is 45.9 Å². The standard InChI is InChI=1S/C15H20ClN5/c1-15(2,3)20-10-6-7-21(9-10)14-17-8-12-11(19-14)4-5-13(16)18-12/h4-5,8,10,20H,6-7,9H2,1-3H3. The monoisotopic (exact) mass is 305 g/mol. The van der Waals surface area contributed by atoms with Gasteiger partial charge < -0.3 is 10.2 Å². The lowest BCUT2D eigenvalue weighted by Gasteiger charge is -2.26. The topological polar surface area (TPSA) is 53.9 Å². The van der Waals surface area contributed by atoms with Crippen LogP contribution in [0.2, 0.25) is 5.15 Å². The summed E-state index contributed by atoms with van der Waals surface area (Å²) in [5.74, 6) is 0.768. The largest absolute Gasteiger partial charge is 0.339 e. The van der Waals surface area contributed by atoms with E-state index in [1.807, 2.05) is 6.07 Å². The number of nitrogens with one attached hydrogen (secondary N) is 1. The van der Waals surface area contributed by atoms with E-state index in [-0.39, 0.29) is 5.54 Å². The first kappa shape index (κ1) is 14.5. The van der Waals surface area contributed by atoms with Gasteiger partial charge in [-0.05, 0) is 39.3 Å². The fourth-order valence-corrected chi connectivity index (χ4v) is 2.87. The minimum absolute atomic E-state index is 0.131. The molecule has 5 nitrogen and oxygen atoms in total. The highest BCUT2D eigenvalue weighted by molar-refractivity contribution is 6.29. The lowest BCUT2D eigenvalue weighted by molar-refractivity contribution is 0.373. The number of aromatic nitrogens is 3. The van der Waals surface area contributed by atoms with Crippen LogP contribution in [0.4, 0.5) is 5.95 Å². The molecule has 1 saturated heterocycles. The van der Waals surface area contributed by atoms with E-state index in [1.165, 1.54) is 0 Å². The smallest absolute Gasteiger partial charge is 0.226 e. The Morgan fingerprint density at radius 1 is 1.24 bits per heavy atom. The predicted octanol–water partition coefficient (Wildman–Crippen LogP) is 2.65. The number of rotatable bonds is 2. The van der Waals surface area contributed by atoms with Crippen LogP contribution in [0.1, 0.15) is 27.2 Å². The molecule has 2 aromatic heterocycles. The van der Waals surface area contributed by atoms with Gasteiger partial charge >= 0.3 is 0 Å². The van der Waals surface area contributed by atoms with Crippen molar-refractivity contribution in [1.29, 1.82) is 0 Å². The van der Waals surface area contributed by atoms with Gasteiger partial charge in [-0.2, -0.15) is 0 Å². The van der Waals surface area contributed by atoms with Gasteiger partial charge in [-0.1, -0.05) is 11.6 Å². The lowest BCUT2D eigenvalue weighted by atomic mass is 10.1. The van der Waals surface area contributed by atoms with E-state index in [0.717, 1.165) is 36.5 Å². The predicted molar refractivity (Wildman–Crippen MR) is 85.8 cm³/mol. The maximum Gasteiger partial charge on any atom is 0.226 e. The molecule has 0 bridgehead atoms. The number of nitrogens with zero attached hydrogens (tertiary/aromatic N) is 4.